The van der Waals surface area contributed by atoms with Crippen LogP contribution >= 0.6 is 15.9 Å². The maximum atomic E-state index is 15.3. The monoisotopic (exact) mass is 876 g/mol. The molecule has 0 unspecified atom stereocenters. The minimum Gasteiger partial charge on any atom is -0.495 e. The van der Waals surface area contributed by atoms with E-state index < -0.39 is 96.2 Å². The van der Waals surface area contributed by atoms with E-state index in [0.717, 1.165) is 54.2 Å². The number of nitrogens with zero attached hydrogens (tertiary/aromatic N) is 2. The SMILES string of the molecule is COc1cc(C(=O)O)ccc1N(Cc1cc(C2CC2)cc(C(C)(C)C)c1)C(=O)CN(Cc1c(F)cccc1C(F)(F)F)S(=O)(=O)c1c(F)c(F)c(F)c(F)c1Br. The first-order valence-electron chi connectivity index (χ1n) is 16.7. The average molecular weight is 878 g/mol. The van der Waals surface area contributed by atoms with Crippen LogP contribution in [-0.2, 0) is 39.5 Å². The van der Waals surface area contributed by atoms with Gasteiger partial charge in [-0.25, -0.2) is 35.2 Å². The standard InChI is InChI=1S/C38H33BrF8N2O6S/c1-37(2,3)23-13-19(12-22(14-23)20-8-9-20)16-49(27-11-10-21(36(51)52)15-28(27)55-4)29(50)18-48(17-24-25(38(45,46)47)6-5-7-26(24)40)56(53,54)35-30(39)31(41)32(42)33(43)34(35)44/h5-7,10-15,20H,8-9,16-18H2,1-4H3,(H,51,52). The number of aromatic carboxylic acids is 1. The lowest BCUT2D eigenvalue weighted by Gasteiger charge is -2.30. The molecule has 0 heterocycles. The fourth-order valence-electron chi connectivity index (χ4n) is 5.98. The molecular formula is C38H33BrF8N2O6S. The summed E-state index contributed by atoms with van der Waals surface area (Å²) >= 11 is 2.38. The van der Waals surface area contributed by atoms with Gasteiger partial charge in [0.1, 0.15) is 16.5 Å². The first-order chi connectivity index (χ1) is 26.0. The minimum absolute atomic E-state index is 0.130. The van der Waals surface area contributed by atoms with Crippen LogP contribution in [0, 0.1) is 29.1 Å². The van der Waals surface area contributed by atoms with Crippen LogP contribution in [0.1, 0.15) is 77.7 Å². The number of carboxylic acid groups (broad SMARTS) is 1. The second-order valence-electron chi connectivity index (χ2n) is 14.1. The highest BCUT2D eigenvalue weighted by Crippen LogP contribution is 2.43. The van der Waals surface area contributed by atoms with Crippen molar-refractivity contribution in [2.75, 3.05) is 18.6 Å². The van der Waals surface area contributed by atoms with Crippen molar-refractivity contribution in [2.45, 2.75) is 69.1 Å². The van der Waals surface area contributed by atoms with Crippen molar-refractivity contribution in [3.63, 3.8) is 0 Å². The second-order valence-corrected chi connectivity index (χ2v) is 16.8. The zero-order valence-electron chi connectivity index (χ0n) is 30.0. The molecule has 56 heavy (non-hydrogen) atoms. The van der Waals surface area contributed by atoms with E-state index in [1.54, 1.807) is 12.1 Å². The Labute approximate surface area is 324 Å². The highest BCUT2D eigenvalue weighted by atomic mass is 79.9. The van der Waals surface area contributed by atoms with Crippen LogP contribution in [0.25, 0.3) is 0 Å². The number of anilines is 1. The van der Waals surface area contributed by atoms with Crippen LogP contribution in [0.3, 0.4) is 0 Å². The molecule has 300 valence electrons. The maximum absolute atomic E-state index is 15.3. The van der Waals surface area contributed by atoms with Gasteiger partial charge in [-0.2, -0.15) is 17.5 Å². The molecule has 1 amide bonds. The number of hydrogen-bond donors (Lipinski definition) is 1. The van der Waals surface area contributed by atoms with Crippen molar-refractivity contribution in [3.05, 3.63) is 122 Å². The molecule has 18 heteroatoms. The van der Waals surface area contributed by atoms with Crippen molar-refractivity contribution in [2.24, 2.45) is 0 Å². The topological polar surface area (TPSA) is 104 Å². The van der Waals surface area contributed by atoms with Gasteiger partial charge >= 0.3 is 12.1 Å². The minimum atomic E-state index is -5.88. The number of carboxylic acids is 1. The van der Waals surface area contributed by atoms with Crippen molar-refractivity contribution in [1.29, 1.82) is 0 Å². The molecule has 0 atom stereocenters. The molecule has 0 saturated heterocycles. The lowest BCUT2D eigenvalue weighted by Crippen LogP contribution is -2.43. The first kappa shape index (κ1) is 42.6. The van der Waals surface area contributed by atoms with Gasteiger partial charge in [0.2, 0.25) is 15.9 Å². The molecular weight excluding hydrogens is 844 g/mol. The van der Waals surface area contributed by atoms with Gasteiger partial charge in [-0.05, 0) is 87.1 Å². The number of carbonyl (C=O) groups is 2. The molecule has 0 aromatic heterocycles. The van der Waals surface area contributed by atoms with Gasteiger partial charge in [0, 0.05) is 12.1 Å². The molecule has 0 bridgehead atoms. The molecule has 1 aliphatic carbocycles. The Balaban J connectivity index is 1.72. The summed E-state index contributed by atoms with van der Waals surface area (Å²) < 4.78 is 148. The third kappa shape index (κ3) is 8.71. The fourth-order valence-corrected chi connectivity index (χ4v) is 8.41. The van der Waals surface area contributed by atoms with E-state index in [-0.39, 0.29) is 33.8 Å². The van der Waals surface area contributed by atoms with Gasteiger partial charge < -0.3 is 14.7 Å². The highest BCUT2D eigenvalue weighted by Gasteiger charge is 2.41. The summed E-state index contributed by atoms with van der Waals surface area (Å²) in [6, 6.07) is 10.5. The van der Waals surface area contributed by atoms with Crippen molar-refractivity contribution >= 4 is 43.5 Å². The third-order valence-electron chi connectivity index (χ3n) is 9.13. The molecule has 0 spiro atoms. The second kappa shape index (κ2) is 15.8. The molecule has 1 aliphatic rings. The molecule has 0 aliphatic heterocycles. The quantitative estimate of drug-likeness (QED) is 0.0865. The van der Waals surface area contributed by atoms with Gasteiger partial charge in [-0.3, -0.25) is 4.79 Å². The largest absolute Gasteiger partial charge is 0.495 e. The van der Waals surface area contributed by atoms with Gasteiger partial charge in [0.25, 0.3) is 0 Å². The van der Waals surface area contributed by atoms with Crippen LogP contribution in [0.4, 0.5) is 40.8 Å². The summed E-state index contributed by atoms with van der Waals surface area (Å²) in [6.07, 6.45) is -3.52. The Morgan fingerprint density at radius 3 is 2.11 bits per heavy atom. The smallest absolute Gasteiger partial charge is 0.416 e. The lowest BCUT2D eigenvalue weighted by atomic mass is 9.84. The average Bonchev–Trinajstić information content (AvgIpc) is 3.97. The van der Waals surface area contributed by atoms with E-state index in [2.05, 4.69) is 15.9 Å². The Hall–Kier alpha value is -4.55. The van der Waals surface area contributed by atoms with Crippen LogP contribution in [0.2, 0.25) is 0 Å². The maximum Gasteiger partial charge on any atom is 0.416 e. The zero-order valence-corrected chi connectivity index (χ0v) is 32.4. The number of alkyl halides is 3. The Morgan fingerprint density at radius 1 is 0.893 bits per heavy atom. The Kier molecular flexibility index (Phi) is 12.0. The molecule has 1 N–H and O–H groups in total. The molecule has 1 saturated carbocycles. The number of hydrogen-bond acceptors (Lipinski definition) is 5. The number of methoxy groups -OCH3 is 1. The number of rotatable bonds is 12. The number of sulfonamides is 1. The predicted molar refractivity (Wildman–Crippen MR) is 191 cm³/mol. The van der Waals surface area contributed by atoms with Crippen LogP contribution in [0.15, 0.2) is 64.0 Å². The van der Waals surface area contributed by atoms with E-state index in [4.69, 9.17) is 4.74 Å². The lowest BCUT2D eigenvalue weighted by molar-refractivity contribution is -0.138. The summed E-state index contributed by atoms with van der Waals surface area (Å²) in [5.74, 6) is -14.0. The Morgan fingerprint density at radius 2 is 1.54 bits per heavy atom. The molecule has 1 fully saturated rings. The van der Waals surface area contributed by atoms with Crippen molar-refractivity contribution < 1.29 is 63.0 Å². The van der Waals surface area contributed by atoms with Crippen LogP contribution < -0.4 is 9.64 Å². The molecule has 4 aromatic rings. The molecule has 8 nitrogen and oxygen atoms in total. The Bertz CT molecular complexity index is 2300. The van der Waals surface area contributed by atoms with E-state index in [9.17, 15) is 49.5 Å². The van der Waals surface area contributed by atoms with Crippen LogP contribution in [0.5, 0.6) is 5.75 Å². The summed E-state index contributed by atoms with van der Waals surface area (Å²) in [4.78, 5) is 25.4. The number of ether oxygens (including phenoxy) is 1. The fraction of sp³-hybridized carbons (Fsp3) is 0.316. The van der Waals surface area contributed by atoms with Crippen LogP contribution in [-0.4, -0.2) is 43.4 Å². The highest BCUT2D eigenvalue weighted by molar-refractivity contribution is 9.10. The van der Waals surface area contributed by atoms with E-state index in [1.165, 1.54) is 0 Å². The van der Waals surface area contributed by atoms with Gasteiger partial charge in [-0.15, -0.1) is 0 Å². The summed E-state index contributed by atoms with van der Waals surface area (Å²) in [5, 5.41) is 9.60. The summed E-state index contributed by atoms with van der Waals surface area (Å²) in [5.41, 5.74) is -1.61. The summed E-state index contributed by atoms with van der Waals surface area (Å²) in [6.45, 7) is 2.27. The van der Waals surface area contributed by atoms with E-state index in [0.29, 0.717) is 23.8 Å². The predicted octanol–water partition coefficient (Wildman–Crippen LogP) is 9.47. The van der Waals surface area contributed by atoms with Gasteiger partial charge in [0.05, 0.1) is 41.5 Å². The summed E-state index contributed by atoms with van der Waals surface area (Å²) in [7, 11) is -4.74. The number of amides is 1. The number of halogens is 9. The number of benzene rings is 4. The molecule has 5 rings (SSSR count). The van der Waals surface area contributed by atoms with E-state index >= 15 is 8.78 Å². The normalized spacial score (nSPS) is 13.6. The molecule has 0 radical (unpaired) electrons. The van der Waals surface area contributed by atoms with Crippen molar-refractivity contribution in [1.82, 2.24) is 4.31 Å². The third-order valence-corrected chi connectivity index (χ3v) is 12.0. The van der Waals surface area contributed by atoms with Gasteiger partial charge in [0.15, 0.2) is 23.3 Å². The van der Waals surface area contributed by atoms with Gasteiger partial charge in [-0.1, -0.05) is 45.0 Å². The first-order valence-corrected chi connectivity index (χ1v) is 18.9. The zero-order chi connectivity index (χ0) is 41.7. The van der Waals surface area contributed by atoms with E-state index in [1.807, 2.05) is 26.8 Å². The molecule has 4 aromatic carbocycles. The number of carbonyl (C=O) groups excluding carboxylic acids is 1. The van der Waals surface area contributed by atoms with Crippen molar-refractivity contribution in [3.8, 4) is 5.75 Å².